The van der Waals surface area contributed by atoms with E-state index in [0.29, 0.717) is 23.2 Å². The van der Waals surface area contributed by atoms with Gasteiger partial charge in [-0.3, -0.25) is 14.7 Å². The zero-order chi connectivity index (χ0) is 21.8. The number of fused-ring (bicyclic) bond motifs is 1. The highest BCUT2D eigenvalue weighted by atomic mass is 32.1. The van der Waals surface area contributed by atoms with E-state index in [4.69, 9.17) is 14.5 Å². The molecule has 31 heavy (non-hydrogen) atoms. The van der Waals surface area contributed by atoms with Gasteiger partial charge in [0.05, 0.1) is 23.9 Å². The van der Waals surface area contributed by atoms with Crippen molar-refractivity contribution in [2.24, 2.45) is 0 Å². The molecule has 0 aliphatic heterocycles. The molecule has 1 amide bonds. The number of hydrogen-bond donors (Lipinski definition) is 0. The molecule has 0 aliphatic rings. The summed E-state index contributed by atoms with van der Waals surface area (Å²) in [6.45, 7) is 4.38. The Morgan fingerprint density at radius 2 is 1.94 bits per heavy atom. The minimum absolute atomic E-state index is 0.110. The summed E-state index contributed by atoms with van der Waals surface area (Å²) in [5.41, 5.74) is 4.15. The van der Waals surface area contributed by atoms with Gasteiger partial charge in [0.2, 0.25) is 0 Å². The highest BCUT2D eigenvalue weighted by molar-refractivity contribution is 7.22. The zero-order valence-corrected chi connectivity index (χ0v) is 18.5. The molecule has 6 nitrogen and oxygen atoms in total. The second-order valence-corrected chi connectivity index (χ2v) is 8.17. The van der Waals surface area contributed by atoms with E-state index in [1.807, 2.05) is 24.3 Å². The molecule has 0 aliphatic carbocycles. The maximum Gasteiger partial charge on any atom is 0.267 e. The van der Waals surface area contributed by atoms with Crippen molar-refractivity contribution in [1.82, 2.24) is 9.97 Å². The fourth-order valence-corrected chi connectivity index (χ4v) is 4.22. The summed E-state index contributed by atoms with van der Waals surface area (Å²) in [6.07, 6.45) is 3.47. The molecule has 0 bridgehead atoms. The average molecular weight is 434 g/mol. The van der Waals surface area contributed by atoms with Crippen molar-refractivity contribution in [1.29, 1.82) is 0 Å². The molecule has 158 valence electrons. The minimum Gasteiger partial charge on any atom is -0.497 e. The first-order chi connectivity index (χ1) is 15.0. The van der Waals surface area contributed by atoms with E-state index in [1.165, 1.54) is 16.9 Å². The number of methoxy groups -OCH3 is 1. The van der Waals surface area contributed by atoms with Crippen LogP contribution in [0.25, 0.3) is 10.2 Å². The number of pyridine rings is 1. The molecule has 0 atom stereocenters. The van der Waals surface area contributed by atoms with Crippen LogP contribution in [0, 0.1) is 13.8 Å². The number of rotatable bonds is 7. The van der Waals surface area contributed by atoms with E-state index in [9.17, 15) is 4.79 Å². The predicted molar refractivity (Wildman–Crippen MR) is 123 cm³/mol. The molecule has 0 radical (unpaired) electrons. The normalized spacial score (nSPS) is 10.8. The Morgan fingerprint density at radius 1 is 1.10 bits per heavy atom. The topological polar surface area (TPSA) is 64.6 Å². The number of amides is 1. The number of benzene rings is 2. The van der Waals surface area contributed by atoms with Gasteiger partial charge in [0.15, 0.2) is 11.7 Å². The summed E-state index contributed by atoms with van der Waals surface area (Å²) in [5.74, 6) is 1.07. The molecule has 2 aromatic carbocycles. The van der Waals surface area contributed by atoms with Crippen molar-refractivity contribution in [3.63, 3.8) is 0 Å². The minimum atomic E-state index is -0.180. The first kappa shape index (κ1) is 20.8. The molecule has 2 aromatic heterocycles. The Bertz CT molecular complexity index is 1210. The van der Waals surface area contributed by atoms with Gasteiger partial charge in [-0.05, 0) is 54.8 Å². The number of anilines is 1. The third kappa shape index (κ3) is 4.67. The van der Waals surface area contributed by atoms with Crippen LogP contribution in [0.2, 0.25) is 0 Å². The molecule has 0 spiro atoms. The molecule has 4 aromatic rings. The Hall–Kier alpha value is -3.45. The van der Waals surface area contributed by atoms with E-state index >= 15 is 0 Å². The molecule has 0 fully saturated rings. The third-order valence-corrected chi connectivity index (χ3v) is 6.12. The lowest BCUT2D eigenvalue weighted by Crippen LogP contribution is -2.34. The number of aryl methyl sites for hydroxylation is 2. The standard InChI is InChI=1S/C24H23N3O3S/c1-16-9-10-21-23(17(16)2)26-24(31-21)27(14-18-6-5-11-25-13-18)22(28)15-30-20-8-4-7-19(12-20)29-3/h4-13H,14-15H2,1-3H3. The van der Waals surface area contributed by atoms with Gasteiger partial charge >= 0.3 is 0 Å². The molecule has 7 heteroatoms. The lowest BCUT2D eigenvalue weighted by atomic mass is 10.1. The Balaban J connectivity index is 1.62. The number of aromatic nitrogens is 2. The monoisotopic (exact) mass is 433 g/mol. The summed E-state index contributed by atoms with van der Waals surface area (Å²) in [4.78, 5) is 23.9. The van der Waals surface area contributed by atoms with Crippen LogP contribution in [-0.2, 0) is 11.3 Å². The van der Waals surface area contributed by atoms with Gasteiger partial charge in [-0.2, -0.15) is 0 Å². The Kier molecular flexibility index (Phi) is 6.13. The number of carbonyl (C=O) groups is 1. The predicted octanol–water partition coefficient (Wildman–Crippen LogP) is 4.93. The van der Waals surface area contributed by atoms with Crippen LogP contribution in [0.1, 0.15) is 16.7 Å². The van der Waals surface area contributed by atoms with Crippen LogP contribution in [0.3, 0.4) is 0 Å². The summed E-state index contributed by atoms with van der Waals surface area (Å²) < 4.78 is 12.0. The van der Waals surface area contributed by atoms with E-state index in [0.717, 1.165) is 21.3 Å². The third-order valence-electron chi connectivity index (χ3n) is 5.07. The number of carbonyl (C=O) groups excluding carboxylic acids is 1. The van der Waals surface area contributed by atoms with Crippen molar-refractivity contribution in [2.45, 2.75) is 20.4 Å². The molecule has 0 unspecified atom stereocenters. The maximum atomic E-state index is 13.2. The summed E-state index contributed by atoms with van der Waals surface area (Å²) >= 11 is 1.50. The number of nitrogens with zero attached hydrogens (tertiary/aromatic N) is 3. The molecule has 4 rings (SSSR count). The SMILES string of the molecule is COc1cccc(OCC(=O)N(Cc2cccnc2)c2nc3c(C)c(C)ccc3s2)c1. The van der Waals surface area contributed by atoms with Crippen LogP contribution >= 0.6 is 11.3 Å². The largest absolute Gasteiger partial charge is 0.497 e. The Morgan fingerprint density at radius 3 is 2.71 bits per heavy atom. The summed E-state index contributed by atoms with van der Waals surface area (Å²) in [5, 5.41) is 0.645. The lowest BCUT2D eigenvalue weighted by Gasteiger charge is -2.20. The van der Waals surface area contributed by atoms with E-state index in [-0.39, 0.29) is 12.5 Å². The maximum absolute atomic E-state index is 13.2. The molecule has 0 saturated heterocycles. The van der Waals surface area contributed by atoms with Crippen molar-refractivity contribution in [2.75, 3.05) is 18.6 Å². The molecular weight excluding hydrogens is 410 g/mol. The lowest BCUT2D eigenvalue weighted by molar-refractivity contribution is -0.120. The molecule has 0 saturated carbocycles. The van der Waals surface area contributed by atoms with Gasteiger partial charge in [-0.1, -0.05) is 29.5 Å². The van der Waals surface area contributed by atoms with Gasteiger partial charge in [-0.15, -0.1) is 0 Å². The van der Waals surface area contributed by atoms with Crippen LogP contribution < -0.4 is 14.4 Å². The van der Waals surface area contributed by atoms with Crippen molar-refractivity contribution in [3.05, 3.63) is 77.6 Å². The van der Waals surface area contributed by atoms with Crippen LogP contribution in [0.15, 0.2) is 60.9 Å². The summed E-state index contributed by atoms with van der Waals surface area (Å²) in [6, 6.07) is 15.1. The fourth-order valence-electron chi connectivity index (χ4n) is 3.18. The molecule has 2 heterocycles. The van der Waals surface area contributed by atoms with Crippen LogP contribution in [0.4, 0.5) is 5.13 Å². The second-order valence-electron chi connectivity index (χ2n) is 7.16. The van der Waals surface area contributed by atoms with Crippen molar-refractivity contribution < 1.29 is 14.3 Å². The van der Waals surface area contributed by atoms with Gasteiger partial charge in [0, 0.05) is 18.5 Å². The number of thiazole rings is 1. The Labute approximate surface area is 185 Å². The first-order valence-electron chi connectivity index (χ1n) is 9.88. The average Bonchev–Trinajstić information content (AvgIpc) is 3.24. The van der Waals surface area contributed by atoms with Gasteiger partial charge in [0.1, 0.15) is 11.5 Å². The first-order valence-corrected chi connectivity index (χ1v) is 10.7. The highest BCUT2D eigenvalue weighted by Crippen LogP contribution is 2.33. The second kappa shape index (κ2) is 9.14. The fraction of sp³-hybridized carbons (Fsp3) is 0.208. The van der Waals surface area contributed by atoms with Gasteiger partial charge < -0.3 is 9.47 Å². The highest BCUT2D eigenvalue weighted by Gasteiger charge is 2.22. The van der Waals surface area contributed by atoms with E-state index in [1.54, 1.807) is 36.5 Å². The zero-order valence-electron chi connectivity index (χ0n) is 17.7. The smallest absolute Gasteiger partial charge is 0.267 e. The van der Waals surface area contributed by atoms with Crippen molar-refractivity contribution >= 4 is 32.6 Å². The number of hydrogen-bond acceptors (Lipinski definition) is 6. The van der Waals surface area contributed by atoms with Crippen LogP contribution in [0.5, 0.6) is 11.5 Å². The summed E-state index contributed by atoms with van der Waals surface area (Å²) in [7, 11) is 1.59. The number of ether oxygens (including phenoxy) is 2. The van der Waals surface area contributed by atoms with E-state index in [2.05, 4.69) is 31.0 Å². The quantitative estimate of drug-likeness (QED) is 0.414. The van der Waals surface area contributed by atoms with Crippen molar-refractivity contribution in [3.8, 4) is 11.5 Å². The van der Waals surface area contributed by atoms with E-state index < -0.39 is 0 Å². The van der Waals surface area contributed by atoms with Crippen LogP contribution in [-0.4, -0.2) is 29.6 Å². The van der Waals surface area contributed by atoms with Gasteiger partial charge in [0.25, 0.3) is 5.91 Å². The molecular formula is C24H23N3O3S. The molecule has 0 N–H and O–H groups in total. The van der Waals surface area contributed by atoms with Gasteiger partial charge in [-0.25, -0.2) is 4.98 Å².